The van der Waals surface area contributed by atoms with Crippen LogP contribution in [0.5, 0.6) is 23.1 Å². The lowest BCUT2D eigenvalue weighted by Crippen LogP contribution is -2.30. The Kier molecular flexibility index (Phi) is 7.42. The van der Waals surface area contributed by atoms with Gasteiger partial charge in [0.05, 0.1) is 25.1 Å². The molecule has 2 N–H and O–H groups in total. The van der Waals surface area contributed by atoms with Crippen molar-refractivity contribution in [3.63, 3.8) is 0 Å². The maximum absolute atomic E-state index is 14.9. The number of aromatic nitrogens is 3. The fourth-order valence-corrected chi connectivity index (χ4v) is 5.05. The monoisotopic (exact) mass is 575 g/mol. The molecule has 0 spiro atoms. The summed E-state index contributed by atoms with van der Waals surface area (Å²) < 4.78 is 47.7. The second-order valence-electron chi connectivity index (χ2n) is 10.1. The molecule has 216 valence electrons. The van der Waals surface area contributed by atoms with Crippen LogP contribution in [0.3, 0.4) is 0 Å². The molecule has 0 saturated carbocycles. The molecular weight excluding hydrogens is 548 g/mol. The van der Waals surface area contributed by atoms with E-state index in [1.165, 1.54) is 50.9 Å². The van der Waals surface area contributed by atoms with Gasteiger partial charge in [-0.25, -0.2) is 23.5 Å². The second kappa shape index (κ2) is 11.0. The van der Waals surface area contributed by atoms with Gasteiger partial charge in [0.15, 0.2) is 11.6 Å². The summed E-state index contributed by atoms with van der Waals surface area (Å²) in [5, 5.41) is 21.1. The minimum absolute atomic E-state index is 0.0370. The fourth-order valence-electron chi connectivity index (χ4n) is 5.05. The molecule has 5 aromatic rings. The van der Waals surface area contributed by atoms with Crippen LogP contribution < -0.4 is 14.2 Å². The van der Waals surface area contributed by atoms with E-state index >= 15 is 0 Å². The van der Waals surface area contributed by atoms with Crippen molar-refractivity contribution in [1.82, 2.24) is 14.5 Å². The molecule has 0 bridgehead atoms. The van der Waals surface area contributed by atoms with Gasteiger partial charge in [0.1, 0.15) is 35.8 Å². The minimum atomic E-state index is -1.18. The average Bonchev–Trinajstić information content (AvgIpc) is 3.33. The normalized spacial score (nSPS) is 11.5. The van der Waals surface area contributed by atoms with Crippen molar-refractivity contribution in [3.8, 4) is 39.9 Å². The SMILES string of the molecule is COc1cc(-n2c(C(C)(C)COc3ccncn3)c(-c3ccc(C(=O)O)c(OC)c3)c3c(O)cc(F)cc32)ccc1F. The number of phenolic OH excluding ortho intramolecular Hbond substituents is 1. The number of carbonyl (C=O) groups is 1. The van der Waals surface area contributed by atoms with E-state index in [1.807, 2.05) is 13.8 Å². The van der Waals surface area contributed by atoms with Crippen molar-refractivity contribution in [1.29, 1.82) is 0 Å². The van der Waals surface area contributed by atoms with E-state index < -0.39 is 23.0 Å². The van der Waals surface area contributed by atoms with Crippen molar-refractivity contribution in [2.24, 2.45) is 0 Å². The maximum atomic E-state index is 14.9. The molecular formula is C31H27F2N3O6. The molecule has 2 aromatic heterocycles. The molecule has 11 heteroatoms. The number of halogens is 2. The lowest BCUT2D eigenvalue weighted by atomic mass is 9.84. The van der Waals surface area contributed by atoms with Crippen LogP contribution in [0.2, 0.25) is 0 Å². The smallest absolute Gasteiger partial charge is 0.339 e. The van der Waals surface area contributed by atoms with Crippen LogP contribution in [0.4, 0.5) is 8.78 Å². The van der Waals surface area contributed by atoms with Crippen LogP contribution in [-0.2, 0) is 5.41 Å². The number of carboxylic acid groups (broad SMARTS) is 1. The lowest BCUT2D eigenvalue weighted by Gasteiger charge is -2.29. The quantitative estimate of drug-likeness (QED) is 0.215. The van der Waals surface area contributed by atoms with Crippen LogP contribution in [0, 0.1) is 11.6 Å². The predicted molar refractivity (Wildman–Crippen MR) is 151 cm³/mol. The number of aromatic carboxylic acids is 1. The molecule has 0 radical (unpaired) electrons. The topological polar surface area (TPSA) is 116 Å². The van der Waals surface area contributed by atoms with E-state index in [9.17, 15) is 23.8 Å². The van der Waals surface area contributed by atoms with Gasteiger partial charge in [0.25, 0.3) is 0 Å². The molecule has 0 atom stereocenters. The summed E-state index contributed by atoms with van der Waals surface area (Å²) >= 11 is 0. The summed E-state index contributed by atoms with van der Waals surface area (Å²) in [5.41, 5.74) is 1.26. The molecule has 9 nitrogen and oxygen atoms in total. The molecule has 3 aromatic carbocycles. The molecule has 0 fully saturated rings. The average molecular weight is 576 g/mol. The van der Waals surface area contributed by atoms with Gasteiger partial charge >= 0.3 is 5.97 Å². The Labute approximate surface area is 239 Å². The number of phenols is 1. The van der Waals surface area contributed by atoms with E-state index in [2.05, 4.69) is 9.97 Å². The number of hydrogen-bond donors (Lipinski definition) is 2. The summed E-state index contributed by atoms with van der Waals surface area (Å²) in [6, 6.07) is 12.6. The Balaban J connectivity index is 1.88. The van der Waals surface area contributed by atoms with Crippen LogP contribution >= 0.6 is 0 Å². The van der Waals surface area contributed by atoms with Gasteiger partial charge in [0.2, 0.25) is 5.88 Å². The van der Waals surface area contributed by atoms with Gasteiger partial charge in [0, 0.05) is 46.8 Å². The highest BCUT2D eigenvalue weighted by molar-refractivity contribution is 6.04. The van der Waals surface area contributed by atoms with Crippen molar-refractivity contribution < 1.29 is 38.0 Å². The van der Waals surface area contributed by atoms with Crippen molar-refractivity contribution >= 4 is 16.9 Å². The highest BCUT2D eigenvalue weighted by Crippen LogP contribution is 2.47. The standard InChI is InChI=1S/C31H27F2N3O6/c1-31(2,15-42-26-9-10-34-16-35-26)29-27(17-5-7-20(30(38)39)24(11-17)40-3)28-22(12-18(32)13-23(28)37)36(29)19-6-8-21(33)25(14-19)41-4/h5-14,16,37H,15H2,1-4H3,(H,38,39). The fraction of sp³-hybridized carbons (Fsp3) is 0.194. The van der Waals surface area contributed by atoms with E-state index in [0.29, 0.717) is 28.4 Å². The largest absolute Gasteiger partial charge is 0.507 e. The van der Waals surface area contributed by atoms with Gasteiger partial charge in [-0.1, -0.05) is 19.9 Å². The second-order valence-corrected chi connectivity index (χ2v) is 10.1. The first-order valence-electron chi connectivity index (χ1n) is 12.8. The number of nitrogens with zero attached hydrogens (tertiary/aromatic N) is 3. The third kappa shape index (κ3) is 5.05. The first-order chi connectivity index (χ1) is 20.1. The van der Waals surface area contributed by atoms with Crippen molar-refractivity contribution in [3.05, 3.63) is 90.0 Å². The zero-order chi connectivity index (χ0) is 30.2. The molecule has 0 unspecified atom stereocenters. The third-order valence-electron chi connectivity index (χ3n) is 6.90. The lowest BCUT2D eigenvalue weighted by molar-refractivity contribution is 0.0693. The van der Waals surface area contributed by atoms with Gasteiger partial charge in [-0.2, -0.15) is 0 Å². The Bertz CT molecular complexity index is 1800. The summed E-state index contributed by atoms with van der Waals surface area (Å²) in [6.45, 7) is 3.85. The first kappa shape index (κ1) is 28.3. The number of aromatic hydroxyl groups is 1. The Hall–Kier alpha value is -5.19. The number of methoxy groups -OCH3 is 2. The Morgan fingerprint density at radius 2 is 1.76 bits per heavy atom. The van der Waals surface area contributed by atoms with E-state index in [4.69, 9.17) is 14.2 Å². The van der Waals surface area contributed by atoms with Crippen LogP contribution in [0.25, 0.3) is 27.7 Å². The number of ether oxygens (including phenoxy) is 3. The molecule has 0 saturated heterocycles. The van der Waals surface area contributed by atoms with E-state index in [-0.39, 0.29) is 40.3 Å². The van der Waals surface area contributed by atoms with E-state index in [0.717, 1.165) is 6.07 Å². The molecule has 0 aliphatic carbocycles. The zero-order valence-electron chi connectivity index (χ0n) is 23.2. The third-order valence-corrected chi connectivity index (χ3v) is 6.90. The summed E-state index contributed by atoms with van der Waals surface area (Å²) in [6.07, 6.45) is 2.90. The van der Waals surface area contributed by atoms with Crippen LogP contribution in [0.15, 0.2) is 67.1 Å². The van der Waals surface area contributed by atoms with E-state index in [1.54, 1.807) is 29.0 Å². The van der Waals surface area contributed by atoms with Crippen molar-refractivity contribution in [2.75, 3.05) is 20.8 Å². The van der Waals surface area contributed by atoms with Gasteiger partial charge in [-0.05, 0) is 35.9 Å². The molecule has 0 aliphatic rings. The van der Waals surface area contributed by atoms with Crippen LogP contribution in [-0.4, -0.2) is 51.5 Å². The molecule has 2 heterocycles. The highest BCUT2D eigenvalue weighted by atomic mass is 19.1. The summed E-state index contributed by atoms with van der Waals surface area (Å²) in [7, 11) is 2.69. The Morgan fingerprint density at radius 3 is 2.43 bits per heavy atom. The predicted octanol–water partition coefficient (Wildman–Crippen LogP) is 6.14. The molecule has 5 rings (SSSR count). The Morgan fingerprint density at radius 1 is 1.00 bits per heavy atom. The maximum Gasteiger partial charge on any atom is 0.339 e. The molecule has 42 heavy (non-hydrogen) atoms. The highest BCUT2D eigenvalue weighted by Gasteiger charge is 2.35. The van der Waals surface area contributed by atoms with Gasteiger partial charge in [-0.3, -0.25) is 0 Å². The molecule has 0 aliphatic heterocycles. The number of fused-ring (bicyclic) bond motifs is 1. The molecule has 0 amide bonds. The van der Waals surface area contributed by atoms with Gasteiger partial charge in [-0.15, -0.1) is 0 Å². The zero-order valence-corrected chi connectivity index (χ0v) is 23.2. The summed E-state index contributed by atoms with van der Waals surface area (Å²) in [5.74, 6) is -2.43. The van der Waals surface area contributed by atoms with Crippen molar-refractivity contribution in [2.45, 2.75) is 19.3 Å². The van der Waals surface area contributed by atoms with Gasteiger partial charge < -0.3 is 29.0 Å². The number of carboxylic acids is 1. The summed E-state index contributed by atoms with van der Waals surface area (Å²) in [4.78, 5) is 19.9. The number of hydrogen-bond acceptors (Lipinski definition) is 7. The number of rotatable bonds is 9. The minimum Gasteiger partial charge on any atom is -0.507 e. The van der Waals surface area contributed by atoms with Crippen LogP contribution in [0.1, 0.15) is 29.9 Å². The first-order valence-corrected chi connectivity index (χ1v) is 12.8. The number of benzene rings is 3.